The summed E-state index contributed by atoms with van der Waals surface area (Å²) in [4.78, 5) is 0. The maximum absolute atomic E-state index is 8.79. The Morgan fingerprint density at radius 2 is 1.88 bits per heavy atom. The van der Waals surface area contributed by atoms with Gasteiger partial charge in [0.05, 0.1) is 6.07 Å². The van der Waals surface area contributed by atoms with Crippen molar-refractivity contribution in [3.63, 3.8) is 0 Å². The van der Waals surface area contributed by atoms with E-state index in [-0.39, 0.29) is 6.04 Å². The van der Waals surface area contributed by atoms with Crippen molar-refractivity contribution in [3.05, 3.63) is 28.8 Å². The first-order valence-corrected chi connectivity index (χ1v) is 5.36. The molecule has 1 unspecified atom stereocenters. The van der Waals surface area contributed by atoms with Crippen LogP contribution in [0.3, 0.4) is 0 Å². The zero-order chi connectivity index (χ0) is 12.1. The number of hydrogen-bond donors (Lipinski definition) is 1. The van der Waals surface area contributed by atoms with E-state index in [1.165, 1.54) is 5.56 Å². The maximum atomic E-state index is 8.79. The first-order valence-electron chi connectivity index (χ1n) is 5.36. The molecule has 0 saturated carbocycles. The van der Waals surface area contributed by atoms with Crippen LogP contribution in [0.15, 0.2) is 12.1 Å². The van der Waals surface area contributed by atoms with Crippen molar-refractivity contribution in [1.29, 1.82) is 5.26 Å². The van der Waals surface area contributed by atoms with E-state index in [4.69, 9.17) is 10.00 Å². The fourth-order valence-corrected chi connectivity index (χ4v) is 1.75. The Bertz CT molecular complexity index is 384. The number of benzene rings is 1. The van der Waals surface area contributed by atoms with Crippen molar-refractivity contribution >= 4 is 0 Å². The molecular weight excluding hydrogens is 200 g/mol. The Morgan fingerprint density at radius 1 is 1.31 bits per heavy atom. The van der Waals surface area contributed by atoms with Crippen LogP contribution in [0.2, 0.25) is 0 Å². The van der Waals surface area contributed by atoms with Crippen LogP contribution in [-0.2, 0) is 0 Å². The molecule has 0 saturated heterocycles. The van der Waals surface area contributed by atoms with Gasteiger partial charge in [-0.1, -0.05) is 17.7 Å². The number of nitriles is 1. The molecule has 0 aliphatic carbocycles. The van der Waals surface area contributed by atoms with Crippen LogP contribution < -0.4 is 10.1 Å². The topological polar surface area (TPSA) is 45.0 Å². The second kappa shape index (κ2) is 5.53. The van der Waals surface area contributed by atoms with Gasteiger partial charge in [-0.25, -0.2) is 0 Å². The van der Waals surface area contributed by atoms with Gasteiger partial charge in [0.15, 0.2) is 0 Å². The third-order valence-corrected chi connectivity index (χ3v) is 2.50. The van der Waals surface area contributed by atoms with Gasteiger partial charge in [0.1, 0.15) is 18.4 Å². The monoisotopic (exact) mass is 218 g/mol. The smallest absolute Gasteiger partial charge is 0.129 e. The second-order valence-corrected chi connectivity index (χ2v) is 4.01. The minimum Gasteiger partial charge on any atom is -0.490 e. The molecule has 3 nitrogen and oxygen atoms in total. The summed E-state index contributed by atoms with van der Waals surface area (Å²) in [6.45, 7) is 6.49. The van der Waals surface area contributed by atoms with E-state index < -0.39 is 0 Å². The van der Waals surface area contributed by atoms with Gasteiger partial charge in [-0.05, 0) is 38.9 Å². The first kappa shape index (κ1) is 12.5. The van der Waals surface area contributed by atoms with E-state index in [2.05, 4.69) is 30.4 Å². The van der Waals surface area contributed by atoms with Gasteiger partial charge in [0.2, 0.25) is 0 Å². The van der Waals surface area contributed by atoms with Crippen LogP contribution in [0.5, 0.6) is 5.75 Å². The highest BCUT2D eigenvalue weighted by Gasteiger charge is 2.09. The maximum Gasteiger partial charge on any atom is 0.129 e. The SMILES string of the molecule is CNC(C#N)COc1c(C)cc(C)cc1C. The molecule has 1 atom stereocenters. The molecule has 0 spiro atoms. The summed E-state index contributed by atoms with van der Waals surface area (Å²) < 4.78 is 5.68. The lowest BCUT2D eigenvalue weighted by Gasteiger charge is -2.15. The van der Waals surface area contributed by atoms with E-state index in [0.29, 0.717) is 6.61 Å². The van der Waals surface area contributed by atoms with Gasteiger partial charge in [0, 0.05) is 0 Å². The molecular formula is C13H18N2O. The van der Waals surface area contributed by atoms with Crippen molar-refractivity contribution in [2.24, 2.45) is 0 Å². The summed E-state index contributed by atoms with van der Waals surface area (Å²) in [5, 5.41) is 11.7. The molecule has 0 radical (unpaired) electrons. The molecule has 0 amide bonds. The summed E-state index contributed by atoms with van der Waals surface area (Å²) in [6.07, 6.45) is 0. The highest BCUT2D eigenvalue weighted by Crippen LogP contribution is 2.24. The summed E-state index contributed by atoms with van der Waals surface area (Å²) in [5.74, 6) is 0.890. The summed E-state index contributed by atoms with van der Waals surface area (Å²) >= 11 is 0. The Hall–Kier alpha value is -1.53. The van der Waals surface area contributed by atoms with Crippen molar-refractivity contribution in [3.8, 4) is 11.8 Å². The van der Waals surface area contributed by atoms with Crippen LogP contribution in [0, 0.1) is 32.1 Å². The number of nitrogens with zero attached hydrogens (tertiary/aromatic N) is 1. The first-order chi connectivity index (χ1) is 7.58. The molecule has 0 heterocycles. The lowest BCUT2D eigenvalue weighted by Crippen LogP contribution is -2.30. The van der Waals surface area contributed by atoms with Gasteiger partial charge in [-0.15, -0.1) is 0 Å². The van der Waals surface area contributed by atoms with Crippen LogP contribution in [0.25, 0.3) is 0 Å². The van der Waals surface area contributed by atoms with Crippen LogP contribution >= 0.6 is 0 Å². The fourth-order valence-electron chi connectivity index (χ4n) is 1.75. The minimum absolute atomic E-state index is 0.264. The lowest BCUT2D eigenvalue weighted by atomic mass is 10.1. The Kier molecular flexibility index (Phi) is 4.33. The van der Waals surface area contributed by atoms with Crippen molar-refractivity contribution < 1.29 is 4.74 Å². The quantitative estimate of drug-likeness (QED) is 0.841. The molecule has 0 fully saturated rings. The fraction of sp³-hybridized carbons (Fsp3) is 0.462. The van der Waals surface area contributed by atoms with E-state index in [0.717, 1.165) is 16.9 Å². The summed E-state index contributed by atoms with van der Waals surface area (Å²) in [7, 11) is 1.76. The number of nitrogens with one attached hydrogen (secondary N) is 1. The Morgan fingerprint density at radius 3 is 2.31 bits per heavy atom. The lowest BCUT2D eigenvalue weighted by molar-refractivity contribution is 0.291. The zero-order valence-corrected chi connectivity index (χ0v) is 10.3. The molecule has 1 aromatic carbocycles. The molecule has 0 aromatic heterocycles. The summed E-state index contributed by atoms with van der Waals surface area (Å²) in [5.41, 5.74) is 3.46. The van der Waals surface area contributed by atoms with Gasteiger partial charge < -0.3 is 10.1 Å². The molecule has 3 heteroatoms. The predicted molar refractivity (Wildman–Crippen MR) is 64.6 cm³/mol. The van der Waals surface area contributed by atoms with Crippen molar-refractivity contribution in [1.82, 2.24) is 5.32 Å². The van der Waals surface area contributed by atoms with Crippen LogP contribution in [0.1, 0.15) is 16.7 Å². The molecule has 0 aliphatic heterocycles. The average molecular weight is 218 g/mol. The van der Waals surface area contributed by atoms with Gasteiger partial charge in [-0.3, -0.25) is 0 Å². The molecule has 1 aromatic rings. The molecule has 0 aliphatic rings. The molecule has 1 N–H and O–H groups in total. The van der Waals surface area contributed by atoms with E-state index in [1.807, 2.05) is 13.8 Å². The largest absolute Gasteiger partial charge is 0.490 e. The number of rotatable bonds is 4. The number of ether oxygens (including phenoxy) is 1. The van der Waals surface area contributed by atoms with Gasteiger partial charge in [-0.2, -0.15) is 5.26 Å². The third-order valence-electron chi connectivity index (χ3n) is 2.50. The number of hydrogen-bond acceptors (Lipinski definition) is 3. The van der Waals surface area contributed by atoms with Crippen molar-refractivity contribution in [2.75, 3.05) is 13.7 Å². The van der Waals surface area contributed by atoms with Crippen molar-refractivity contribution in [2.45, 2.75) is 26.8 Å². The number of likely N-dealkylation sites (N-methyl/N-ethyl adjacent to an activating group) is 1. The highest BCUT2D eigenvalue weighted by atomic mass is 16.5. The molecule has 1 rings (SSSR count). The molecule has 16 heavy (non-hydrogen) atoms. The number of aryl methyl sites for hydroxylation is 3. The Balaban J connectivity index is 2.79. The zero-order valence-electron chi connectivity index (χ0n) is 10.3. The van der Waals surface area contributed by atoms with E-state index in [9.17, 15) is 0 Å². The van der Waals surface area contributed by atoms with Gasteiger partial charge >= 0.3 is 0 Å². The minimum atomic E-state index is -0.264. The van der Waals surface area contributed by atoms with E-state index in [1.54, 1.807) is 7.05 Å². The Labute approximate surface area is 97.0 Å². The van der Waals surface area contributed by atoms with E-state index >= 15 is 0 Å². The highest BCUT2D eigenvalue weighted by molar-refractivity contribution is 5.42. The third kappa shape index (κ3) is 2.98. The molecule has 86 valence electrons. The van der Waals surface area contributed by atoms with Gasteiger partial charge in [0.25, 0.3) is 0 Å². The predicted octanol–water partition coefficient (Wildman–Crippen LogP) is 2.10. The molecule has 0 bridgehead atoms. The average Bonchev–Trinajstić information content (AvgIpc) is 2.22. The van der Waals surface area contributed by atoms with Crippen LogP contribution in [0.4, 0.5) is 0 Å². The van der Waals surface area contributed by atoms with Crippen LogP contribution in [-0.4, -0.2) is 19.7 Å². The summed E-state index contributed by atoms with van der Waals surface area (Å²) in [6, 6.07) is 6.05. The normalized spacial score (nSPS) is 11.9. The standard InChI is InChI=1S/C13H18N2O/c1-9-5-10(2)13(11(3)6-9)16-8-12(7-14)15-4/h5-6,12,15H,8H2,1-4H3. The second-order valence-electron chi connectivity index (χ2n) is 4.01.